The average molecular weight is 451 g/mol. The molecule has 32 heavy (non-hydrogen) atoms. The number of benzene rings is 2. The summed E-state index contributed by atoms with van der Waals surface area (Å²) >= 11 is 5.60. The Balaban J connectivity index is 1.69. The van der Waals surface area contributed by atoms with Crippen molar-refractivity contribution in [3.05, 3.63) is 78.1 Å². The lowest BCUT2D eigenvalue weighted by Crippen LogP contribution is -2.52. The number of amides is 2. The van der Waals surface area contributed by atoms with Crippen LogP contribution < -0.4 is 16.2 Å². The Morgan fingerprint density at radius 3 is 2.44 bits per heavy atom. The molecular formula is C24H26N4O3S. The van der Waals surface area contributed by atoms with Gasteiger partial charge in [-0.05, 0) is 37.8 Å². The fourth-order valence-corrected chi connectivity index (χ4v) is 3.33. The van der Waals surface area contributed by atoms with E-state index in [9.17, 15) is 9.59 Å². The molecule has 0 saturated heterocycles. The number of ether oxygens (including phenoxy) is 1. The van der Waals surface area contributed by atoms with E-state index in [1.54, 1.807) is 27.0 Å². The summed E-state index contributed by atoms with van der Waals surface area (Å²) in [6.07, 6.45) is 0.999. The van der Waals surface area contributed by atoms with Crippen LogP contribution in [0.5, 0.6) is 0 Å². The predicted octanol–water partition coefficient (Wildman–Crippen LogP) is 3.78. The van der Waals surface area contributed by atoms with Gasteiger partial charge < -0.3 is 10.1 Å². The summed E-state index contributed by atoms with van der Waals surface area (Å²) in [6.45, 7) is 5.51. The van der Waals surface area contributed by atoms with Gasteiger partial charge in [-0.15, -0.1) is 0 Å². The molecule has 8 heteroatoms. The SMILES string of the molecule is CC(C)(C)OC(=O)NC(CNNC(=O)c1nccc2ccccc12)C(=S)c1ccccc1. The van der Waals surface area contributed by atoms with Crippen LogP contribution in [-0.2, 0) is 4.74 Å². The molecule has 1 unspecified atom stereocenters. The zero-order chi connectivity index (χ0) is 23.1. The molecule has 0 aliphatic carbocycles. The second-order valence-electron chi connectivity index (χ2n) is 8.14. The molecule has 1 atom stereocenters. The van der Waals surface area contributed by atoms with E-state index in [2.05, 4.69) is 21.2 Å². The number of thiocarbonyl (C=S) groups is 1. The number of rotatable bonds is 7. The van der Waals surface area contributed by atoms with E-state index in [4.69, 9.17) is 17.0 Å². The molecule has 0 saturated carbocycles. The monoisotopic (exact) mass is 450 g/mol. The van der Waals surface area contributed by atoms with E-state index >= 15 is 0 Å². The first kappa shape index (κ1) is 23.3. The van der Waals surface area contributed by atoms with Gasteiger partial charge in [-0.2, -0.15) is 0 Å². The van der Waals surface area contributed by atoms with Gasteiger partial charge in [0.05, 0.1) is 6.04 Å². The van der Waals surface area contributed by atoms with Gasteiger partial charge in [-0.3, -0.25) is 15.2 Å². The van der Waals surface area contributed by atoms with Gasteiger partial charge in [-0.25, -0.2) is 10.2 Å². The van der Waals surface area contributed by atoms with E-state index < -0.39 is 17.7 Å². The zero-order valence-corrected chi connectivity index (χ0v) is 19.0. The van der Waals surface area contributed by atoms with Gasteiger partial charge in [0.25, 0.3) is 5.91 Å². The Hall–Kier alpha value is -3.36. The second kappa shape index (κ2) is 10.3. The van der Waals surface area contributed by atoms with Crippen molar-refractivity contribution in [1.29, 1.82) is 0 Å². The number of alkyl carbamates (subject to hydrolysis) is 1. The molecule has 2 amide bonds. The third-order valence-corrected chi connectivity index (χ3v) is 4.98. The van der Waals surface area contributed by atoms with E-state index in [0.29, 0.717) is 10.6 Å². The number of nitrogens with one attached hydrogen (secondary N) is 3. The minimum absolute atomic E-state index is 0.156. The highest BCUT2D eigenvalue weighted by Gasteiger charge is 2.23. The molecule has 1 heterocycles. The maximum absolute atomic E-state index is 12.7. The van der Waals surface area contributed by atoms with Gasteiger partial charge in [0.2, 0.25) is 0 Å². The number of aromatic nitrogens is 1. The molecule has 0 aliphatic rings. The lowest BCUT2D eigenvalue weighted by molar-refractivity contribution is 0.0518. The lowest BCUT2D eigenvalue weighted by Gasteiger charge is -2.24. The van der Waals surface area contributed by atoms with E-state index in [-0.39, 0.29) is 12.5 Å². The average Bonchev–Trinajstić information content (AvgIpc) is 2.76. The minimum atomic E-state index is -0.648. The third kappa shape index (κ3) is 6.32. The fourth-order valence-electron chi connectivity index (χ4n) is 3.06. The van der Waals surface area contributed by atoms with Crippen molar-refractivity contribution >= 4 is 39.9 Å². The number of hydrazine groups is 1. The van der Waals surface area contributed by atoms with Crippen molar-refractivity contribution in [2.75, 3.05) is 6.54 Å². The highest BCUT2D eigenvalue weighted by Crippen LogP contribution is 2.16. The van der Waals surface area contributed by atoms with Crippen molar-refractivity contribution < 1.29 is 14.3 Å². The predicted molar refractivity (Wildman–Crippen MR) is 129 cm³/mol. The van der Waals surface area contributed by atoms with Crippen LogP contribution in [0, 0.1) is 0 Å². The van der Waals surface area contributed by atoms with Crippen LogP contribution in [0.4, 0.5) is 4.79 Å². The molecule has 0 bridgehead atoms. The topological polar surface area (TPSA) is 92.4 Å². The Morgan fingerprint density at radius 2 is 1.72 bits per heavy atom. The normalized spacial score (nSPS) is 12.1. The van der Waals surface area contributed by atoms with Crippen LogP contribution in [0.2, 0.25) is 0 Å². The maximum atomic E-state index is 12.7. The summed E-state index contributed by atoms with van der Waals surface area (Å²) in [5.74, 6) is -0.386. The summed E-state index contributed by atoms with van der Waals surface area (Å²) < 4.78 is 5.36. The molecule has 1 aromatic heterocycles. The van der Waals surface area contributed by atoms with Gasteiger partial charge >= 0.3 is 6.09 Å². The number of hydrogen-bond acceptors (Lipinski definition) is 6. The van der Waals surface area contributed by atoms with Crippen LogP contribution in [0.1, 0.15) is 36.8 Å². The minimum Gasteiger partial charge on any atom is -0.444 e. The highest BCUT2D eigenvalue weighted by atomic mass is 32.1. The summed E-state index contributed by atoms with van der Waals surface area (Å²) in [5.41, 5.74) is 5.97. The van der Waals surface area contributed by atoms with Crippen LogP contribution >= 0.6 is 12.2 Å². The Bertz CT molecular complexity index is 1110. The standard InChI is InChI=1S/C24H26N4O3S/c1-24(2,3)31-23(30)27-19(21(32)17-10-5-4-6-11-17)15-26-28-22(29)20-18-12-8-7-9-16(18)13-14-25-20/h4-14,19,26H,15H2,1-3H3,(H,27,30)(H,28,29). The fraction of sp³-hybridized carbons (Fsp3) is 0.250. The zero-order valence-electron chi connectivity index (χ0n) is 18.2. The number of pyridine rings is 1. The first-order valence-electron chi connectivity index (χ1n) is 10.2. The quantitative estimate of drug-likeness (QED) is 0.288. The largest absolute Gasteiger partial charge is 0.444 e. The van der Waals surface area contributed by atoms with Crippen LogP contribution in [0.3, 0.4) is 0 Å². The number of fused-ring (bicyclic) bond motifs is 1. The number of carbonyl (C=O) groups excluding carboxylic acids is 2. The van der Waals surface area contributed by atoms with Crippen LogP contribution in [0.25, 0.3) is 10.8 Å². The first-order chi connectivity index (χ1) is 15.2. The molecule has 7 nitrogen and oxygen atoms in total. The molecule has 3 N–H and O–H groups in total. The van der Waals surface area contributed by atoms with Crippen molar-refractivity contribution in [2.24, 2.45) is 0 Å². The lowest BCUT2D eigenvalue weighted by atomic mass is 10.1. The van der Waals surface area contributed by atoms with Gasteiger partial charge in [0.1, 0.15) is 11.3 Å². The Kier molecular flexibility index (Phi) is 7.50. The van der Waals surface area contributed by atoms with Crippen molar-refractivity contribution in [3.8, 4) is 0 Å². The van der Waals surface area contributed by atoms with Gasteiger partial charge in [0.15, 0.2) is 0 Å². The molecule has 3 rings (SSSR count). The number of hydrogen-bond donors (Lipinski definition) is 3. The third-order valence-electron chi connectivity index (χ3n) is 4.46. The summed E-state index contributed by atoms with van der Waals surface area (Å²) in [7, 11) is 0. The smallest absolute Gasteiger partial charge is 0.408 e. The molecule has 166 valence electrons. The van der Waals surface area contributed by atoms with Crippen molar-refractivity contribution in [1.82, 2.24) is 21.2 Å². The van der Waals surface area contributed by atoms with Crippen molar-refractivity contribution in [2.45, 2.75) is 32.4 Å². The summed E-state index contributed by atoms with van der Waals surface area (Å²) in [4.78, 5) is 29.8. The van der Waals surface area contributed by atoms with E-state index in [1.165, 1.54) is 0 Å². The van der Waals surface area contributed by atoms with Gasteiger partial charge in [-0.1, -0.05) is 66.8 Å². The molecule has 0 fully saturated rings. The molecule has 0 aliphatic heterocycles. The highest BCUT2D eigenvalue weighted by molar-refractivity contribution is 7.81. The van der Waals surface area contributed by atoms with E-state index in [1.807, 2.05) is 60.7 Å². The first-order valence-corrected chi connectivity index (χ1v) is 10.6. The van der Waals surface area contributed by atoms with Crippen LogP contribution in [0.15, 0.2) is 66.9 Å². The number of carbonyl (C=O) groups is 2. The summed E-state index contributed by atoms with van der Waals surface area (Å²) in [5, 5.41) is 4.45. The van der Waals surface area contributed by atoms with Crippen LogP contribution in [-0.4, -0.2) is 40.0 Å². The molecule has 2 aromatic carbocycles. The maximum Gasteiger partial charge on any atom is 0.408 e. The molecular weight excluding hydrogens is 424 g/mol. The molecule has 0 spiro atoms. The van der Waals surface area contributed by atoms with Gasteiger partial charge in [0, 0.05) is 23.0 Å². The number of nitrogens with zero attached hydrogens (tertiary/aromatic N) is 1. The molecule has 3 aromatic rings. The van der Waals surface area contributed by atoms with Crippen molar-refractivity contribution in [3.63, 3.8) is 0 Å². The molecule has 0 radical (unpaired) electrons. The Labute approximate surface area is 192 Å². The Morgan fingerprint density at radius 1 is 1.03 bits per heavy atom. The second-order valence-corrected chi connectivity index (χ2v) is 8.58. The van der Waals surface area contributed by atoms with E-state index in [0.717, 1.165) is 16.3 Å². The summed E-state index contributed by atoms with van der Waals surface area (Å²) in [6, 6.07) is 18.1.